The Morgan fingerprint density at radius 1 is 1.50 bits per heavy atom. The highest BCUT2D eigenvalue weighted by molar-refractivity contribution is 8.00. The Kier molecular flexibility index (Phi) is 3.88. The van der Waals surface area contributed by atoms with Crippen molar-refractivity contribution in [2.24, 2.45) is 11.5 Å². The van der Waals surface area contributed by atoms with Crippen LogP contribution in [0.2, 0.25) is 0 Å². The summed E-state index contributed by atoms with van der Waals surface area (Å²) in [5.74, 6) is -0.587. The number of nitrogens with one attached hydrogen (secondary N) is 1. The number of carbonyl (C=O) groups excluding carboxylic acids is 2. The number of nitrogens with two attached hydrogens (primary N) is 2. The second-order valence-corrected chi connectivity index (χ2v) is 3.34. The summed E-state index contributed by atoms with van der Waals surface area (Å²) in [6.45, 7) is 1.75. The second-order valence-electron chi connectivity index (χ2n) is 2.24. The van der Waals surface area contributed by atoms with Gasteiger partial charge in [-0.3, -0.25) is 4.79 Å². The molecule has 0 fully saturated rings. The lowest BCUT2D eigenvalue weighted by Gasteiger charge is -2.27. The summed E-state index contributed by atoms with van der Waals surface area (Å²) in [5.41, 5.74) is 10.0. The van der Waals surface area contributed by atoms with E-state index in [-0.39, 0.29) is 0 Å². The largest absolute Gasteiger partial charge is 0.367 e. The molecule has 0 saturated carbocycles. The van der Waals surface area contributed by atoms with Crippen molar-refractivity contribution in [3.63, 3.8) is 0 Å². The van der Waals surface area contributed by atoms with Crippen LogP contribution in [-0.2, 0) is 4.79 Å². The summed E-state index contributed by atoms with van der Waals surface area (Å²) < 4.78 is 0. The first-order valence-corrected chi connectivity index (χ1v) is 4.63. The van der Waals surface area contributed by atoms with Gasteiger partial charge in [-0.2, -0.15) is 0 Å². The maximum absolute atomic E-state index is 11.0. The average Bonchev–Trinajstić information content (AvgIpc) is 1.99. The molecule has 70 valence electrons. The summed E-state index contributed by atoms with van der Waals surface area (Å²) >= 11 is 1.17. The molecule has 0 radical (unpaired) electrons. The molecule has 0 rings (SSSR count). The lowest BCUT2D eigenvalue weighted by atomic mass is 10.2. The van der Waals surface area contributed by atoms with Crippen LogP contribution >= 0.6 is 11.8 Å². The van der Waals surface area contributed by atoms with Gasteiger partial charge >= 0.3 is 6.03 Å². The Bertz CT molecular complexity index is 191. The van der Waals surface area contributed by atoms with E-state index in [2.05, 4.69) is 5.32 Å². The number of hydrogen-bond acceptors (Lipinski definition) is 3. The van der Waals surface area contributed by atoms with Crippen molar-refractivity contribution in [2.45, 2.75) is 18.2 Å². The normalized spacial score (nSPS) is 14.8. The smallest absolute Gasteiger partial charge is 0.313 e. The van der Waals surface area contributed by atoms with Crippen LogP contribution < -0.4 is 16.8 Å². The van der Waals surface area contributed by atoms with E-state index in [0.29, 0.717) is 6.42 Å². The lowest BCUT2D eigenvalue weighted by Crippen LogP contribution is -2.56. The zero-order valence-electron chi connectivity index (χ0n) is 7.09. The SMILES string of the molecule is CCC(NC(N)=O)(SC)C(N)=O. The Morgan fingerprint density at radius 3 is 2.08 bits per heavy atom. The standard InChI is InChI=1S/C6H13N3O2S/c1-3-6(12-2,4(7)10)9-5(8)11/h3H2,1-2H3,(H2,7,10)(H3,8,9,11). The molecule has 6 heteroatoms. The first-order valence-electron chi connectivity index (χ1n) is 3.41. The number of carbonyl (C=O) groups is 2. The molecule has 0 heterocycles. The predicted octanol–water partition coefficient (Wildman–Crippen LogP) is -0.391. The fraction of sp³-hybridized carbons (Fsp3) is 0.667. The highest BCUT2D eigenvalue weighted by atomic mass is 32.2. The van der Waals surface area contributed by atoms with Gasteiger partial charge in [0.15, 0.2) is 4.87 Å². The quantitative estimate of drug-likeness (QED) is 0.528. The molecule has 0 saturated heterocycles. The van der Waals surface area contributed by atoms with Crippen molar-refractivity contribution in [3.05, 3.63) is 0 Å². The zero-order valence-corrected chi connectivity index (χ0v) is 7.90. The minimum atomic E-state index is -1.06. The van der Waals surface area contributed by atoms with Gasteiger partial charge in [0.2, 0.25) is 0 Å². The molecular weight excluding hydrogens is 178 g/mol. The molecule has 0 spiro atoms. The fourth-order valence-corrected chi connectivity index (χ4v) is 1.51. The number of primary amides is 2. The maximum atomic E-state index is 11.0. The van der Waals surface area contributed by atoms with E-state index in [1.165, 1.54) is 11.8 Å². The van der Waals surface area contributed by atoms with Gasteiger partial charge in [0, 0.05) is 0 Å². The van der Waals surface area contributed by atoms with Gasteiger partial charge in [-0.05, 0) is 12.7 Å². The van der Waals surface area contributed by atoms with Gasteiger partial charge in [-0.15, -0.1) is 11.8 Å². The molecule has 1 unspecified atom stereocenters. The third-order valence-electron chi connectivity index (χ3n) is 1.57. The third-order valence-corrected chi connectivity index (χ3v) is 2.86. The molecular formula is C6H13N3O2S. The highest BCUT2D eigenvalue weighted by Gasteiger charge is 2.34. The molecule has 0 aromatic heterocycles. The molecule has 0 aromatic rings. The predicted molar refractivity (Wildman–Crippen MR) is 48.5 cm³/mol. The van der Waals surface area contributed by atoms with E-state index in [0.717, 1.165) is 0 Å². The van der Waals surface area contributed by atoms with Crippen LogP contribution in [0, 0.1) is 0 Å². The van der Waals surface area contributed by atoms with Crippen LogP contribution in [0.4, 0.5) is 4.79 Å². The molecule has 0 aromatic carbocycles. The van der Waals surface area contributed by atoms with Gasteiger partial charge in [0.1, 0.15) is 0 Å². The first kappa shape index (κ1) is 11.1. The van der Waals surface area contributed by atoms with Crippen molar-refractivity contribution < 1.29 is 9.59 Å². The van der Waals surface area contributed by atoms with Gasteiger partial charge in [-0.1, -0.05) is 6.92 Å². The Balaban J connectivity index is 4.58. The minimum absolute atomic E-state index is 0.409. The third kappa shape index (κ3) is 2.30. The van der Waals surface area contributed by atoms with Gasteiger partial charge < -0.3 is 16.8 Å². The second kappa shape index (κ2) is 4.20. The summed E-state index contributed by atoms with van der Waals surface area (Å²) in [4.78, 5) is 20.4. The molecule has 3 amide bonds. The molecule has 0 aliphatic carbocycles. The van der Waals surface area contributed by atoms with E-state index in [1.54, 1.807) is 13.2 Å². The van der Waals surface area contributed by atoms with Gasteiger partial charge in [0.25, 0.3) is 5.91 Å². The molecule has 0 aliphatic heterocycles. The van der Waals surface area contributed by atoms with Crippen LogP contribution in [-0.4, -0.2) is 23.1 Å². The van der Waals surface area contributed by atoms with Crippen LogP contribution in [0.3, 0.4) is 0 Å². The van der Waals surface area contributed by atoms with Gasteiger partial charge in [0.05, 0.1) is 0 Å². The number of urea groups is 1. The number of thioether (sulfide) groups is 1. The minimum Gasteiger partial charge on any atom is -0.367 e. The lowest BCUT2D eigenvalue weighted by molar-refractivity contribution is -0.120. The molecule has 5 nitrogen and oxygen atoms in total. The Morgan fingerprint density at radius 2 is 2.00 bits per heavy atom. The van der Waals surface area contributed by atoms with E-state index in [9.17, 15) is 9.59 Å². The van der Waals surface area contributed by atoms with Gasteiger partial charge in [-0.25, -0.2) is 4.79 Å². The molecule has 1 atom stereocenters. The van der Waals surface area contributed by atoms with Crippen LogP contribution in [0.25, 0.3) is 0 Å². The van der Waals surface area contributed by atoms with Crippen molar-refractivity contribution in [1.82, 2.24) is 5.32 Å². The molecule has 0 bridgehead atoms. The fourth-order valence-electron chi connectivity index (χ4n) is 0.819. The van der Waals surface area contributed by atoms with E-state index >= 15 is 0 Å². The number of hydrogen-bond donors (Lipinski definition) is 3. The Labute approximate surface area is 75.2 Å². The summed E-state index contributed by atoms with van der Waals surface area (Å²) in [6, 6.07) is -0.745. The van der Waals surface area contributed by atoms with E-state index in [1.807, 2.05) is 0 Å². The number of rotatable bonds is 4. The van der Waals surface area contributed by atoms with Crippen LogP contribution in [0.1, 0.15) is 13.3 Å². The molecule has 12 heavy (non-hydrogen) atoms. The summed E-state index contributed by atoms with van der Waals surface area (Å²) in [5, 5.41) is 2.32. The molecule has 0 aliphatic rings. The highest BCUT2D eigenvalue weighted by Crippen LogP contribution is 2.22. The zero-order chi connectivity index (χ0) is 9.78. The Hall–Kier alpha value is -0.910. The molecule has 5 N–H and O–H groups in total. The summed E-state index contributed by atoms with van der Waals surface area (Å²) in [6.07, 6.45) is 2.09. The first-order chi connectivity index (χ1) is 5.48. The maximum Gasteiger partial charge on any atom is 0.313 e. The van der Waals surface area contributed by atoms with Crippen molar-refractivity contribution in [3.8, 4) is 0 Å². The monoisotopic (exact) mass is 191 g/mol. The average molecular weight is 191 g/mol. The van der Waals surface area contributed by atoms with Crippen molar-refractivity contribution in [2.75, 3.05) is 6.26 Å². The van der Waals surface area contributed by atoms with Crippen molar-refractivity contribution in [1.29, 1.82) is 0 Å². The van der Waals surface area contributed by atoms with E-state index in [4.69, 9.17) is 11.5 Å². The number of amides is 3. The van der Waals surface area contributed by atoms with Crippen molar-refractivity contribution >= 4 is 23.7 Å². The topological polar surface area (TPSA) is 98.2 Å². The van der Waals surface area contributed by atoms with Crippen LogP contribution in [0.15, 0.2) is 0 Å². The van der Waals surface area contributed by atoms with Crippen LogP contribution in [0.5, 0.6) is 0 Å². The van der Waals surface area contributed by atoms with E-state index < -0.39 is 16.8 Å². The summed E-state index contributed by atoms with van der Waals surface area (Å²) in [7, 11) is 0.